The number of hydrogen-bond acceptors (Lipinski definition) is 3. The molecule has 1 aromatic rings. The minimum absolute atomic E-state index is 0.253. The molecule has 2 heterocycles. The summed E-state index contributed by atoms with van der Waals surface area (Å²) in [5.41, 5.74) is 2.27. The highest BCUT2D eigenvalue weighted by Crippen LogP contribution is 2.29. The van der Waals surface area contributed by atoms with Crippen molar-refractivity contribution in [2.24, 2.45) is 5.92 Å². The zero-order valence-corrected chi connectivity index (χ0v) is 8.82. The highest BCUT2D eigenvalue weighted by Gasteiger charge is 2.26. The van der Waals surface area contributed by atoms with E-state index in [1.54, 1.807) is 6.07 Å². The first-order valence-corrected chi connectivity index (χ1v) is 5.05. The molecule has 4 heteroatoms. The molecule has 2 rings (SSSR count). The fourth-order valence-electron chi connectivity index (χ4n) is 1.93. The molecule has 2 N–H and O–H groups in total. The molecule has 1 aromatic heterocycles. The maximum atomic E-state index is 10.8. The van der Waals surface area contributed by atoms with Crippen molar-refractivity contribution in [3.05, 3.63) is 29.1 Å². The lowest BCUT2D eigenvalue weighted by Crippen LogP contribution is -2.18. The summed E-state index contributed by atoms with van der Waals surface area (Å²) >= 11 is 0. The Morgan fingerprint density at radius 1 is 1.67 bits per heavy atom. The quantitative estimate of drug-likeness (QED) is 0.771. The van der Waals surface area contributed by atoms with Gasteiger partial charge in [0, 0.05) is 12.7 Å². The van der Waals surface area contributed by atoms with Crippen LogP contribution in [-0.2, 0) is 6.54 Å². The first-order chi connectivity index (χ1) is 7.09. The van der Waals surface area contributed by atoms with E-state index in [1.807, 2.05) is 0 Å². The van der Waals surface area contributed by atoms with Gasteiger partial charge in [0.1, 0.15) is 0 Å². The Kier molecular flexibility index (Phi) is 2.44. The van der Waals surface area contributed by atoms with Gasteiger partial charge in [0.05, 0.1) is 17.3 Å². The van der Waals surface area contributed by atoms with E-state index in [0.717, 1.165) is 11.3 Å². The summed E-state index contributed by atoms with van der Waals surface area (Å²) in [7, 11) is 0. The Morgan fingerprint density at radius 3 is 3.00 bits per heavy atom. The molecule has 0 saturated heterocycles. The van der Waals surface area contributed by atoms with Gasteiger partial charge in [0.15, 0.2) is 0 Å². The minimum Gasteiger partial charge on any atom is -0.478 e. The summed E-state index contributed by atoms with van der Waals surface area (Å²) in [5.74, 6) is -0.451. The van der Waals surface area contributed by atoms with Crippen LogP contribution >= 0.6 is 0 Å². The molecule has 0 saturated carbocycles. The van der Waals surface area contributed by atoms with E-state index in [9.17, 15) is 4.79 Å². The van der Waals surface area contributed by atoms with Gasteiger partial charge < -0.3 is 10.4 Å². The molecular formula is C11H14N2O2. The summed E-state index contributed by atoms with van der Waals surface area (Å²) in [5, 5.41) is 12.2. The standard InChI is InChI=1S/C11H14N2O2/c1-6(2)9-10-7(4-12-9)3-8(5-13-10)11(14)15/h3,5-6,9,12H,4H2,1-2H3,(H,14,15). The number of hydrogen-bond donors (Lipinski definition) is 2. The van der Waals surface area contributed by atoms with E-state index in [0.29, 0.717) is 12.5 Å². The third-order valence-electron chi connectivity index (χ3n) is 2.72. The van der Waals surface area contributed by atoms with Crippen LogP contribution in [0.2, 0.25) is 0 Å². The van der Waals surface area contributed by atoms with Crippen molar-refractivity contribution in [3.8, 4) is 0 Å². The number of aromatic nitrogens is 1. The number of carboxylic acid groups (broad SMARTS) is 1. The number of nitrogens with one attached hydrogen (secondary N) is 1. The molecule has 4 nitrogen and oxygen atoms in total. The van der Waals surface area contributed by atoms with Crippen molar-refractivity contribution in [3.63, 3.8) is 0 Å². The van der Waals surface area contributed by atoms with E-state index >= 15 is 0 Å². The Balaban J connectivity index is 2.37. The van der Waals surface area contributed by atoms with Gasteiger partial charge in [-0.05, 0) is 17.5 Å². The first-order valence-electron chi connectivity index (χ1n) is 5.05. The van der Waals surface area contributed by atoms with Gasteiger partial charge in [0.25, 0.3) is 0 Å². The minimum atomic E-state index is -0.918. The van der Waals surface area contributed by atoms with Crippen molar-refractivity contribution >= 4 is 5.97 Å². The van der Waals surface area contributed by atoms with Gasteiger partial charge in [-0.2, -0.15) is 0 Å². The number of aromatic carboxylic acids is 1. The first kappa shape index (κ1) is 10.1. The fourth-order valence-corrected chi connectivity index (χ4v) is 1.93. The van der Waals surface area contributed by atoms with Crippen molar-refractivity contribution in [1.82, 2.24) is 10.3 Å². The molecule has 0 amide bonds. The maximum absolute atomic E-state index is 10.8. The number of pyridine rings is 1. The predicted molar refractivity (Wildman–Crippen MR) is 55.6 cm³/mol. The molecule has 0 spiro atoms. The fraction of sp³-hybridized carbons (Fsp3) is 0.455. The Hall–Kier alpha value is -1.42. The van der Waals surface area contributed by atoms with Crippen LogP contribution in [0.1, 0.15) is 41.5 Å². The molecule has 15 heavy (non-hydrogen) atoms. The molecule has 0 aromatic carbocycles. The topological polar surface area (TPSA) is 62.2 Å². The number of carboxylic acids is 1. The molecular weight excluding hydrogens is 192 g/mol. The Labute approximate surface area is 88.3 Å². The van der Waals surface area contributed by atoms with Crippen LogP contribution in [-0.4, -0.2) is 16.1 Å². The van der Waals surface area contributed by atoms with Gasteiger partial charge in [-0.1, -0.05) is 13.8 Å². The van der Waals surface area contributed by atoms with Crippen molar-refractivity contribution in [2.75, 3.05) is 0 Å². The van der Waals surface area contributed by atoms with Crippen LogP contribution in [0.4, 0.5) is 0 Å². The lowest BCUT2D eigenvalue weighted by molar-refractivity contribution is 0.0696. The van der Waals surface area contributed by atoms with Crippen LogP contribution < -0.4 is 5.32 Å². The van der Waals surface area contributed by atoms with Crippen molar-refractivity contribution < 1.29 is 9.90 Å². The maximum Gasteiger partial charge on any atom is 0.337 e. The average Bonchev–Trinajstić information content (AvgIpc) is 2.59. The second-order valence-corrected chi connectivity index (χ2v) is 4.18. The average molecular weight is 206 g/mol. The summed E-state index contributed by atoms with van der Waals surface area (Å²) in [6.45, 7) is 4.96. The number of fused-ring (bicyclic) bond motifs is 1. The van der Waals surface area contributed by atoms with Gasteiger partial charge in [0.2, 0.25) is 0 Å². The molecule has 1 unspecified atom stereocenters. The third kappa shape index (κ3) is 1.72. The van der Waals surface area contributed by atoms with E-state index < -0.39 is 5.97 Å². The normalized spacial score (nSPS) is 19.3. The zero-order chi connectivity index (χ0) is 11.0. The molecule has 1 atom stereocenters. The van der Waals surface area contributed by atoms with Crippen LogP contribution in [0, 0.1) is 5.92 Å². The lowest BCUT2D eigenvalue weighted by Gasteiger charge is -2.14. The summed E-state index contributed by atoms with van der Waals surface area (Å²) in [6.07, 6.45) is 1.43. The van der Waals surface area contributed by atoms with Gasteiger partial charge in [-0.25, -0.2) is 4.79 Å². The molecule has 0 aliphatic carbocycles. The number of nitrogens with zero attached hydrogens (tertiary/aromatic N) is 1. The molecule has 80 valence electrons. The van der Waals surface area contributed by atoms with E-state index in [4.69, 9.17) is 5.11 Å². The molecule has 0 fully saturated rings. The van der Waals surface area contributed by atoms with Crippen molar-refractivity contribution in [2.45, 2.75) is 26.4 Å². The number of carbonyl (C=O) groups is 1. The molecule has 1 aliphatic rings. The van der Waals surface area contributed by atoms with Crippen LogP contribution in [0.25, 0.3) is 0 Å². The highest BCUT2D eigenvalue weighted by molar-refractivity contribution is 5.87. The second kappa shape index (κ2) is 3.62. The zero-order valence-electron chi connectivity index (χ0n) is 8.82. The summed E-state index contributed by atoms with van der Waals surface area (Å²) in [6, 6.07) is 1.96. The summed E-state index contributed by atoms with van der Waals surface area (Å²) < 4.78 is 0. The molecule has 1 aliphatic heterocycles. The van der Waals surface area contributed by atoms with Gasteiger partial charge in [-0.3, -0.25) is 4.98 Å². The summed E-state index contributed by atoms with van der Waals surface area (Å²) in [4.78, 5) is 15.0. The van der Waals surface area contributed by atoms with Crippen LogP contribution in [0.3, 0.4) is 0 Å². The van der Waals surface area contributed by atoms with Crippen molar-refractivity contribution in [1.29, 1.82) is 0 Å². The highest BCUT2D eigenvalue weighted by atomic mass is 16.4. The van der Waals surface area contributed by atoms with E-state index in [2.05, 4.69) is 24.1 Å². The van der Waals surface area contributed by atoms with E-state index in [-0.39, 0.29) is 11.6 Å². The predicted octanol–water partition coefficient (Wildman–Crippen LogP) is 1.58. The smallest absolute Gasteiger partial charge is 0.337 e. The van der Waals surface area contributed by atoms with Gasteiger partial charge >= 0.3 is 5.97 Å². The van der Waals surface area contributed by atoms with E-state index in [1.165, 1.54) is 6.20 Å². The Bertz CT molecular complexity index is 402. The Morgan fingerprint density at radius 2 is 2.40 bits per heavy atom. The van der Waals surface area contributed by atoms with Crippen LogP contribution in [0.15, 0.2) is 12.3 Å². The van der Waals surface area contributed by atoms with Crippen LogP contribution in [0.5, 0.6) is 0 Å². The monoisotopic (exact) mass is 206 g/mol. The molecule has 0 radical (unpaired) electrons. The SMILES string of the molecule is CC(C)C1NCc2cc(C(=O)O)cnc21. The molecule has 0 bridgehead atoms. The van der Waals surface area contributed by atoms with Gasteiger partial charge in [-0.15, -0.1) is 0 Å². The second-order valence-electron chi connectivity index (χ2n) is 4.18. The largest absolute Gasteiger partial charge is 0.478 e. The lowest BCUT2D eigenvalue weighted by atomic mass is 10.0. The third-order valence-corrected chi connectivity index (χ3v) is 2.72. The number of rotatable bonds is 2.